The fraction of sp³-hybridized carbons (Fsp3) is 0.154. The van der Waals surface area contributed by atoms with Crippen LogP contribution in [0.15, 0.2) is 33.6 Å². The van der Waals surface area contributed by atoms with E-state index in [0.29, 0.717) is 5.15 Å². The fourth-order valence-corrected chi connectivity index (χ4v) is 3.88. The van der Waals surface area contributed by atoms with Gasteiger partial charge in [-0.25, -0.2) is 4.98 Å². The zero-order valence-corrected chi connectivity index (χ0v) is 12.7. The maximum Gasteiger partial charge on any atom is 0.157 e. The van der Waals surface area contributed by atoms with Crippen molar-refractivity contribution in [2.24, 2.45) is 0 Å². The van der Waals surface area contributed by atoms with Crippen molar-refractivity contribution in [1.29, 1.82) is 0 Å². The molecule has 0 aliphatic heterocycles. The van der Waals surface area contributed by atoms with E-state index in [4.69, 9.17) is 11.6 Å². The molecule has 3 rings (SSSR count). The lowest BCUT2D eigenvalue weighted by Crippen LogP contribution is -1.94. The highest BCUT2D eigenvalue weighted by molar-refractivity contribution is 8.01. The highest BCUT2D eigenvalue weighted by Gasteiger charge is 2.12. The van der Waals surface area contributed by atoms with Gasteiger partial charge in [0.1, 0.15) is 5.03 Å². The van der Waals surface area contributed by atoms with Gasteiger partial charge in [0.2, 0.25) is 0 Å². The minimum absolute atomic E-state index is 0.464. The average Bonchev–Trinajstić information content (AvgIpc) is 2.82. The first-order valence-electron chi connectivity index (χ1n) is 5.68. The summed E-state index contributed by atoms with van der Waals surface area (Å²) < 4.78 is 2.15. The minimum atomic E-state index is 0.464. The number of benzene rings is 1. The Labute approximate surface area is 124 Å². The number of halogens is 1. The Morgan fingerprint density at radius 2 is 1.89 bits per heavy atom. The summed E-state index contributed by atoms with van der Waals surface area (Å²) in [6.45, 7) is 3.96. The van der Waals surface area contributed by atoms with Crippen molar-refractivity contribution in [2.45, 2.75) is 23.2 Å². The number of fused-ring (bicyclic) bond motifs is 1. The fourth-order valence-electron chi connectivity index (χ4n) is 1.63. The molecule has 6 heteroatoms. The van der Waals surface area contributed by atoms with Gasteiger partial charge in [0, 0.05) is 0 Å². The summed E-state index contributed by atoms with van der Waals surface area (Å²) in [6.07, 6.45) is 0. The molecule has 2 heterocycles. The number of nitrogens with zero attached hydrogens (tertiary/aromatic N) is 3. The van der Waals surface area contributed by atoms with Gasteiger partial charge in [-0.05, 0) is 48.9 Å². The molecular formula is C13H10ClN3S2. The smallest absolute Gasteiger partial charge is 0.157 e. The molecule has 0 aliphatic rings. The number of aromatic nitrogens is 3. The van der Waals surface area contributed by atoms with Crippen LogP contribution in [-0.4, -0.2) is 15.2 Å². The molecule has 3 aromatic rings. The van der Waals surface area contributed by atoms with Crippen LogP contribution in [0.4, 0.5) is 0 Å². The monoisotopic (exact) mass is 307 g/mol. The second-order valence-corrected chi connectivity index (χ2v) is 6.72. The first kappa shape index (κ1) is 12.8. The molecule has 1 aromatic carbocycles. The molecule has 96 valence electrons. The van der Waals surface area contributed by atoms with Crippen LogP contribution >= 0.6 is 34.7 Å². The standard InChI is InChI=1S/C13H10ClN3S2/c1-7-8(2)12(17-16-11(7)14)19-13-15-9-5-3-4-6-10(9)18-13/h3-6H,1-2H3. The molecule has 0 bridgehead atoms. The molecular weight excluding hydrogens is 298 g/mol. The van der Waals surface area contributed by atoms with Crippen molar-refractivity contribution in [2.75, 3.05) is 0 Å². The number of para-hydroxylation sites is 1. The van der Waals surface area contributed by atoms with Crippen LogP contribution in [0, 0.1) is 13.8 Å². The summed E-state index contributed by atoms with van der Waals surface area (Å²) in [6, 6.07) is 8.10. The van der Waals surface area contributed by atoms with Gasteiger partial charge in [-0.1, -0.05) is 23.7 Å². The lowest BCUT2D eigenvalue weighted by molar-refractivity contribution is 0.891. The molecule has 2 aromatic heterocycles. The summed E-state index contributed by atoms with van der Waals surface area (Å²) in [4.78, 5) is 4.58. The maximum absolute atomic E-state index is 5.96. The number of rotatable bonds is 2. The summed E-state index contributed by atoms with van der Waals surface area (Å²) in [7, 11) is 0. The van der Waals surface area contributed by atoms with Gasteiger partial charge in [-0.15, -0.1) is 21.5 Å². The first-order valence-corrected chi connectivity index (χ1v) is 7.69. The van der Waals surface area contributed by atoms with Crippen molar-refractivity contribution in [1.82, 2.24) is 15.2 Å². The number of hydrogen-bond donors (Lipinski definition) is 0. The number of hydrogen-bond acceptors (Lipinski definition) is 5. The van der Waals surface area contributed by atoms with E-state index in [9.17, 15) is 0 Å². The maximum atomic E-state index is 5.96. The average molecular weight is 308 g/mol. The Morgan fingerprint density at radius 3 is 2.68 bits per heavy atom. The van der Waals surface area contributed by atoms with E-state index < -0.39 is 0 Å². The highest BCUT2D eigenvalue weighted by atomic mass is 35.5. The van der Waals surface area contributed by atoms with Gasteiger partial charge < -0.3 is 0 Å². The quantitative estimate of drug-likeness (QED) is 0.698. The molecule has 0 atom stereocenters. The zero-order valence-electron chi connectivity index (χ0n) is 10.3. The summed E-state index contributed by atoms with van der Waals surface area (Å²) in [5, 5.41) is 9.44. The van der Waals surface area contributed by atoms with Crippen LogP contribution in [0.1, 0.15) is 11.1 Å². The van der Waals surface area contributed by atoms with E-state index >= 15 is 0 Å². The van der Waals surface area contributed by atoms with Gasteiger partial charge in [0.15, 0.2) is 9.49 Å². The largest absolute Gasteiger partial charge is 0.229 e. The van der Waals surface area contributed by atoms with Crippen LogP contribution in [0.2, 0.25) is 5.15 Å². The van der Waals surface area contributed by atoms with Crippen LogP contribution in [0.3, 0.4) is 0 Å². The zero-order chi connectivity index (χ0) is 13.4. The van der Waals surface area contributed by atoms with Crippen LogP contribution < -0.4 is 0 Å². The molecule has 0 N–H and O–H groups in total. The third-order valence-electron chi connectivity index (χ3n) is 2.88. The van der Waals surface area contributed by atoms with E-state index in [1.54, 1.807) is 11.3 Å². The minimum Gasteiger partial charge on any atom is -0.229 e. The van der Waals surface area contributed by atoms with Crippen molar-refractivity contribution in [3.8, 4) is 0 Å². The van der Waals surface area contributed by atoms with Gasteiger partial charge >= 0.3 is 0 Å². The van der Waals surface area contributed by atoms with E-state index in [2.05, 4.69) is 21.2 Å². The molecule has 0 spiro atoms. The van der Waals surface area contributed by atoms with Gasteiger partial charge in [-0.2, -0.15) is 0 Å². The van der Waals surface area contributed by atoms with Gasteiger partial charge in [0.25, 0.3) is 0 Å². The van der Waals surface area contributed by atoms with Crippen molar-refractivity contribution in [3.63, 3.8) is 0 Å². The highest BCUT2D eigenvalue weighted by Crippen LogP contribution is 2.35. The molecule has 0 saturated carbocycles. The van der Waals surface area contributed by atoms with Crippen molar-refractivity contribution in [3.05, 3.63) is 40.5 Å². The Hall–Kier alpha value is -1.17. The second-order valence-electron chi connectivity index (χ2n) is 4.10. The van der Waals surface area contributed by atoms with Gasteiger partial charge in [-0.3, -0.25) is 0 Å². The van der Waals surface area contributed by atoms with Crippen LogP contribution in [0.5, 0.6) is 0 Å². The predicted octanol–water partition coefficient (Wildman–Crippen LogP) is 4.51. The third kappa shape index (κ3) is 2.45. The SMILES string of the molecule is Cc1c(Cl)nnc(Sc2nc3ccccc3s2)c1C. The molecule has 19 heavy (non-hydrogen) atoms. The molecule has 0 fully saturated rings. The van der Waals surface area contributed by atoms with E-state index in [1.165, 1.54) is 16.5 Å². The van der Waals surface area contributed by atoms with E-state index in [1.807, 2.05) is 32.0 Å². The van der Waals surface area contributed by atoms with E-state index in [0.717, 1.165) is 26.0 Å². The number of thiazole rings is 1. The van der Waals surface area contributed by atoms with Crippen LogP contribution in [0.25, 0.3) is 10.2 Å². The van der Waals surface area contributed by atoms with Gasteiger partial charge in [0.05, 0.1) is 10.2 Å². The summed E-state index contributed by atoms with van der Waals surface area (Å²) in [5.41, 5.74) is 3.05. The molecule has 0 saturated heterocycles. The Bertz CT molecular complexity index is 722. The second kappa shape index (κ2) is 5.07. The van der Waals surface area contributed by atoms with Crippen molar-refractivity contribution >= 4 is 44.9 Å². The lowest BCUT2D eigenvalue weighted by atomic mass is 10.2. The Balaban J connectivity index is 1.99. The first-order chi connectivity index (χ1) is 9.15. The predicted molar refractivity (Wildman–Crippen MR) is 80.3 cm³/mol. The molecule has 3 nitrogen and oxygen atoms in total. The van der Waals surface area contributed by atoms with E-state index in [-0.39, 0.29) is 0 Å². The van der Waals surface area contributed by atoms with Crippen LogP contribution in [-0.2, 0) is 0 Å². The lowest BCUT2D eigenvalue weighted by Gasteiger charge is -2.05. The molecule has 0 unspecified atom stereocenters. The normalized spacial score (nSPS) is 11.1. The Morgan fingerprint density at radius 1 is 1.11 bits per heavy atom. The molecule has 0 amide bonds. The van der Waals surface area contributed by atoms with Crippen molar-refractivity contribution < 1.29 is 0 Å². The summed E-state index contributed by atoms with van der Waals surface area (Å²) in [5.74, 6) is 0. The molecule has 0 aliphatic carbocycles. The topological polar surface area (TPSA) is 38.7 Å². The molecule has 0 radical (unpaired) electrons. The third-order valence-corrected chi connectivity index (χ3v) is 5.42. The Kier molecular flexibility index (Phi) is 3.43. The summed E-state index contributed by atoms with van der Waals surface area (Å²) >= 11 is 9.16.